The summed E-state index contributed by atoms with van der Waals surface area (Å²) in [5, 5.41) is 9.06. The van der Waals surface area contributed by atoms with E-state index in [1.807, 2.05) is 6.92 Å². The van der Waals surface area contributed by atoms with Crippen molar-refractivity contribution in [2.45, 2.75) is 31.9 Å². The van der Waals surface area contributed by atoms with E-state index in [1.54, 1.807) is 6.92 Å². The third-order valence-corrected chi connectivity index (χ3v) is 6.11. The number of nitrogens with two attached hydrogens (primary N) is 1. The molecule has 90 valence electrons. The number of aliphatic hydroxyl groups excluding tert-OH is 1. The van der Waals surface area contributed by atoms with Gasteiger partial charge in [-0.1, -0.05) is 13.8 Å². The number of aliphatic hydroxyl groups is 1. The van der Waals surface area contributed by atoms with Crippen LogP contribution < -0.4 is 5.73 Å². The fraction of sp³-hybridized carbons (Fsp3) is 1.00. The Kier molecular flexibility index (Phi) is 3.79. The van der Waals surface area contributed by atoms with E-state index in [4.69, 9.17) is 5.73 Å². The van der Waals surface area contributed by atoms with Crippen LogP contribution >= 0.6 is 0 Å². The van der Waals surface area contributed by atoms with Crippen molar-refractivity contribution < 1.29 is 13.5 Å². The molecule has 0 aromatic heterocycles. The summed E-state index contributed by atoms with van der Waals surface area (Å²) in [6, 6.07) is 0. The number of sulfone groups is 1. The van der Waals surface area contributed by atoms with Crippen LogP contribution in [0.3, 0.4) is 0 Å². The molecule has 0 radical (unpaired) electrons. The van der Waals surface area contributed by atoms with Gasteiger partial charge in [0.05, 0.1) is 11.9 Å². The van der Waals surface area contributed by atoms with E-state index in [9.17, 15) is 13.5 Å². The van der Waals surface area contributed by atoms with E-state index in [2.05, 4.69) is 0 Å². The maximum atomic E-state index is 11.7. The van der Waals surface area contributed by atoms with Crippen LogP contribution in [0.4, 0.5) is 0 Å². The largest absolute Gasteiger partial charge is 0.396 e. The second kappa shape index (κ2) is 4.39. The Hall–Kier alpha value is -0.130. The van der Waals surface area contributed by atoms with Gasteiger partial charge in [-0.2, -0.15) is 0 Å². The van der Waals surface area contributed by atoms with E-state index in [0.717, 1.165) is 0 Å². The zero-order valence-electron chi connectivity index (χ0n) is 9.44. The lowest BCUT2D eigenvalue weighted by Crippen LogP contribution is -2.37. The Labute approximate surface area is 91.8 Å². The Morgan fingerprint density at radius 2 is 2.13 bits per heavy atom. The van der Waals surface area contributed by atoms with Crippen LogP contribution in [0, 0.1) is 11.3 Å². The molecular formula is C10H21NO3S. The van der Waals surface area contributed by atoms with Crippen LogP contribution in [0.2, 0.25) is 0 Å². The molecule has 0 aliphatic heterocycles. The van der Waals surface area contributed by atoms with Crippen molar-refractivity contribution in [3.8, 4) is 0 Å². The first-order valence-corrected chi connectivity index (χ1v) is 7.16. The molecule has 0 amide bonds. The van der Waals surface area contributed by atoms with Crippen LogP contribution in [-0.4, -0.2) is 37.7 Å². The Balaban J connectivity index is 2.89. The zero-order valence-corrected chi connectivity index (χ0v) is 10.3. The first kappa shape index (κ1) is 12.9. The normalized spacial score (nSPS) is 37.1. The third-order valence-electron chi connectivity index (χ3n) is 3.93. The fourth-order valence-electron chi connectivity index (χ4n) is 2.46. The standard InChI is InChI=1S/C10H21NO3S/c1-3-15(13,14)9-4-8(2)10(5-9,6-11)7-12/h8-9,12H,3-7,11H2,1-2H3/t8-,9-,10+/m1/s1. The van der Waals surface area contributed by atoms with Gasteiger partial charge in [0.25, 0.3) is 0 Å². The molecule has 0 spiro atoms. The van der Waals surface area contributed by atoms with Gasteiger partial charge in [0.15, 0.2) is 9.84 Å². The summed E-state index contributed by atoms with van der Waals surface area (Å²) in [7, 11) is -2.99. The number of rotatable bonds is 4. The Bertz CT molecular complexity index is 309. The van der Waals surface area contributed by atoms with Gasteiger partial charge in [0, 0.05) is 17.7 Å². The molecule has 1 rings (SSSR count). The van der Waals surface area contributed by atoms with Crippen molar-refractivity contribution in [1.82, 2.24) is 0 Å². The number of hydrogen-bond acceptors (Lipinski definition) is 4. The van der Waals surface area contributed by atoms with Gasteiger partial charge in [0.1, 0.15) is 0 Å². The summed E-state index contributed by atoms with van der Waals surface area (Å²) in [6.45, 7) is 4.00. The van der Waals surface area contributed by atoms with Gasteiger partial charge in [-0.05, 0) is 18.8 Å². The van der Waals surface area contributed by atoms with E-state index < -0.39 is 9.84 Å². The predicted octanol–water partition coefficient (Wildman–Crippen LogP) is 0.157. The smallest absolute Gasteiger partial charge is 0.152 e. The molecule has 3 N–H and O–H groups in total. The summed E-state index contributed by atoms with van der Waals surface area (Å²) >= 11 is 0. The minimum absolute atomic E-state index is 0.0135. The molecule has 0 aromatic rings. The van der Waals surface area contributed by atoms with Crippen molar-refractivity contribution >= 4 is 9.84 Å². The summed E-state index contributed by atoms with van der Waals surface area (Å²) in [6.07, 6.45) is 1.14. The molecule has 4 nitrogen and oxygen atoms in total. The highest BCUT2D eigenvalue weighted by Crippen LogP contribution is 2.44. The van der Waals surface area contributed by atoms with Crippen LogP contribution in [0.15, 0.2) is 0 Å². The maximum Gasteiger partial charge on any atom is 0.152 e. The van der Waals surface area contributed by atoms with Crippen LogP contribution in [0.1, 0.15) is 26.7 Å². The van der Waals surface area contributed by atoms with Gasteiger partial charge in [0.2, 0.25) is 0 Å². The quantitative estimate of drug-likeness (QED) is 0.727. The van der Waals surface area contributed by atoms with Crippen molar-refractivity contribution in [2.24, 2.45) is 17.1 Å². The molecule has 5 heteroatoms. The lowest BCUT2D eigenvalue weighted by Gasteiger charge is -2.29. The molecule has 15 heavy (non-hydrogen) atoms. The number of hydrogen-bond donors (Lipinski definition) is 2. The predicted molar refractivity (Wildman–Crippen MR) is 60.2 cm³/mol. The van der Waals surface area contributed by atoms with Crippen LogP contribution in [0.25, 0.3) is 0 Å². The zero-order chi connectivity index (χ0) is 11.7. The monoisotopic (exact) mass is 235 g/mol. The summed E-state index contributed by atoms with van der Waals surface area (Å²) in [5.41, 5.74) is 5.28. The van der Waals surface area contributed by atoms with Gasteiger partial charge in [-0.25, -0.2) is 8.42 Å². The first-order valence-electron chi connectivity index (χ1n) is 5.44. The SMILES string of the molecule is CCS(=O)(=O)[C@@H]1C[C@@H](C)[C@@](CN)(CO)C1. The molecule has 1 aliphatic carbocycles. The molecule has 0 aromatic carbocycles. The average Bonchev–Trinajstić information content (AvgIpc) is 2.57. The molecule has 1 saturated carbocycles. The summed E-state index contributed by atoms with van der Waals surface area (Å²) in [5.74, 6) is 0.357. The first-order chi connectivity index (χ1) is 6.91. The van der Waals surface area contributed by atoms with Crippen LogP contribution in [0.5, 0.6) is 0 Å². The average molecular weight is 235 g/mol. The van der Waals surface area contributed by atoms with Crippen molar-refractivity contribution in [3.05, 3.63) is 0 Å². The van der Waals surface area contributed by atoms with Gasteiger partial charge >= 0.3 is 0 Å². The summed E-state index contributed by atoms with van der Waals surface area (Å²) < 4.78 is 23.5. The third kappa shape index (κ3) is 2.19. The Morgan fingerprint density at radius 3 is 2.47 bits per heavy atom. The molecule has 3 atom stereocenters. The van der Waals surface area contributed by atoms with E-state index >= 15 is 0 Å². The second-order valence-electron chi connectivity index (χ2n) is 4.64. The second-order valence-corrected chi connectivity index (χ2v) is 7.21. The topological polar surface area (TPSA) is 80.4 Å². The molecule has 1 aliphatic rings. The van der Waals surface area contributed by atoms with Gasteiger partial charge in [-0.15, -0.1) is 0 Å². The van der Waals surface area contributed by atoms with Crippen molar-refractivity contribution in [3.63, 3.8) is 0 Å². The molecular weight excluding hydrogens is 214 g/mol. The van der Waals surface area contributed by atoms with E-state index in [-0.39, 0.29) is 28.9 Å². The molecule has 0 saturated heterocycles. The molecule has 0 unspecified atom stereocenters. The van der Waals surface area contributed by atoms with Crippen LogP contribution in [-0.2, 0) is 9.84 Å². The fourth-order valence-corrected chi connectivity index (χ4v) is 4.10. The molecule has 0 heterocycles. The molecule has 0 bridgehead atoms. The maximum absolute atomic E-state index is 11.7. The van der Waals surface area contributed by atoms with E-state index in [1.165, 1.54) is 0 Å². The minimum atomic E-state index is -2.99. The lowest BCUT2D eigenvalue weighted by atomic mass is 9.80. The van der Waals surface area contributed by atoms with E-state index in [0.29, 0.717) is 19.4 Å². The van der Waals surface area contributed by atoms with Crippen molar-refractivity contribution in [2.75, 3.05) is 18.9 Å². The minimum Gasteiger partial charge on any atom is -0.396 e. The van der Waals surface area contributed by atoms with Crippen molar-refractivity contribution in [1.29, 1.82) is 0 Å². The molecule has 1 fully saturated rings. The Morgan fingerprint density at radius 1 is 1.53 bits per heavy atom. The highest BCUT2D eigenvalue weighted by atomic mass is 32.2. The highest BCUT2D eigenvalue weighted by Gasteiger charge is 2.47. The summed E-state index contributed by atoms with van der Waals surface area (Å²) in [4.78, 5) is 0. The highest BCUT2D eigenvalue weighted by molar-refractivity contribution is 7.92. The lowest BCUT2D eigenvalue weighted by molar-refractivity contribution is 0.0996. The van der Waals surface area contributed by atoms with Gasteiger partial charge < -0.3 is 10.8 Å². The van der Waals surface area contributed by atoms with Gasteiger partial charge in [-0.3, -0.25) is 0 Å².